The standard InChI is InChI=1S/C19H20N4O4S2/c24-17(21-19-20-11-15(28-19)18(25)26)16(22-23-9-1-2-10-23)12-3-5-13(6-4-12)29(27)14-7-8-14/h3-6,11,14H,1-2,7-10H2,(H,25,26)(H,20,21,24)/b22-16+. The van der Waals surface area contributed by atoms with Gasteiger partial charge in [0.2, 0.25) is 0 Å². The van der Waals surface area contributed by atoms with E-state index in [-0.39, 0.29) is 21.0 Å². The number of carbonyl (C=O) groups excluding carboxylic acids is 1. The molecule has 29 heavy (non-hydrogen) atoms. The Morgan fingerprint density at radius 1 is 1.21 bits per heavy atom. The topological polar surface area (TPSA) is 112 Å². The van der Waals surface area contributed by atoms with Crippen molar-refractivity contribution in [2.24, 2.45) is 5.10 Å². The lowest BCUT2D eigenvalue weighted by atomic mass is 10.1. The van der Waals surface area contributed by atoms with E-state index in [2.05, 4.69) is 15.4 Å². The van der Waals surface area contributed by atoms with Crippen LogP contribution in [0.3, 0.4) is 0 Å². The number of carboxylic acid groups (broad SMARTS) is 1. The molecule has 2 N–H and O–H groups in total. The summed E-state index contributed by atoms with van der Waals surface area (Å²) in [5, 5.41) is 18.5. The highest BCUT2D eigenvalue weighted by Gasteiger charge is 2.29. The maximum absolute atomic E-state index is 12.9. The molecule has 1 aliphatic heterocycles. The number of nitrogens with one attached hydrogen (secondary N) is 1. The van der Waals surface area contributed by atoms with Crippen molar-refractivity contribution >= 4 is 44.9 Å². The second-order valence-corrected chi connectivity index (χ2v) is 9.68. The van der Waals surface area contributed by atoms with E-state index in [4.69, 9.17) is 5.11 Å². The number of aromatic carboxylic acids is 1. The average Bonchev–Trinajstić information content (AvgIpc) is 3.23. The number of amides is 1. The van der Waals surface area contributed by atoms with Crippen LogP contribution in [0.4, 0.5) is 5.13 Å². The molecule has 4 rings (SSSR count). The average molecular weight is 433 g/mol. The molecular weight excluding hydrogens is 412 g/mol. The van der Waals surface area contributed by atoms with Crippen LogP contribution in [-0.2, 0) is 15.6 Å². The number of hydrazone groups is 1. The number of rotatable bonds is 7. The Labute approximate surface area is 174 Å². The predicted octanol–water partition coefficient (Wildman–Crippen LogP) is 2.55. The summed E-state index contributed by atoms with van der Waals surface area (Å²) < 4.78 is 12.3. The number of carboxylic acids is 1. The van der Waals surface area contributed by atoms with E-state index in [0.29, 0.717) is 5.56 Å². The van der Waals surface area contributed by atoms with Crippen LogP contribution in [0.1, 0.15) is 40.9 Å². The van der Waals surface area contributed by atoms with Gasteiger partial charge in [-0.3, -0.25) is 19.3 Å². The Hall–Kier alpha value is -2.59. The molecule has 0 bridgehead atoms. The number of aromatic nitrogens is 1. The van der Waals surface area contributed by atoms with Crippen molar-refractivity contribution in [3.8, 4) is 0 Å². The minimum absolute atomic E-state index is 0.0465. The van der Waals surface area contributed by atoms with Gasteiger partial charge < -0.3 is 5.11 Å². The van der Waals surface area contributed by atoms with E-state index in [9.17, 15) is 13.8 Å². The summed E-state index contributed by atoms with van der Waals surface area (Å²) in [7, 11) is -1.01. The van der Waals surface area contributed by atoms with E-state index < -0.39 is 22.7 Å². The smallest absolute Gasteiger partial charge is 0.347 e. The second-order valence-electron chi connectivity index (χ2n) is 6.92. The first-order valence-electron chi connectivity index (χ1n) is 9.36. The van der Waals surface area contributed by atoms with E-state index in [1.165, 1.54) is 6.20 Å². The molecule has 1 saturated carbocycles. The predicted molar refractivity (Wildman–Crippen MR) is 111 cm³/mol. The molecule has 1 aliphatic carbocycles. The molecule has 2 aliphatic rings. The minimum Gasteiger partial charge on any atom is -0.477 e. The van der Waals surface area contributed by atoms with E-state index in [1.807, 2.05) is 5.01 Å². The Kier molecular flexibility index (Phi) is 5.72. The fourth-order valence-corrected chi connectivity index (χ4v) is 4.99. The Morgan fingerprint density at radius 2 is 1.90 bits per heavy atom. The Bertz CT molecular complexity index is 976. The molecule has 1 unspecified atom stereocenters. The number of hydrogen-bond donors (Lipinski definition) is 2. The monoisotopic (exact) mass is 432 g/mol. The molecule has 1 saturated heterocycles. The molecule has 1 aromatic carbocycles. The van der Waals surface area contributed by atoms with Gasteiger partial charge in [-0.15, -0.1) is 0 Å². The lowest BCUT2D eigenvalue weighted by molar-refractivity contribution is -0.110. The van der Waals surface area contributed by atoms with Gasteiger partial charge >= 0.3 is 5.97 Å². The van der Waals surface area contributed by atoms with Crippen LogP contribution in [0, 0.1) is 0 Å². The largest absolute Gasteiger partial charge is 0.477 e. The molecule has 152 valence electrons. The minimum atomic E-state index is -1.09. The summed E-state index contributed by atoms with van der Waals surface area (Å²) in [6.45, 7) is 1.56. The first-order valence-corrected chi connectivity index (χ1v) is 11.4. The molecule has 2 heterocycles. The first kappa shape index (κ1) is 19.7. The van der Waals surface area contributed by atoms with Gasteiger partial charge in [-0.25, -0.2) is 9.78 Å². The Balaban J connectivity index is 1.57. The summed E-state index contributed by atoms with van der Waals surface area (Å²) >= 11 is 0.890. The SMILES string of the molecule is O=C(Nc1ncc(C(=O)O)s1)/C(=N/N1CCCC1)c1ccc(S(=O)C2CC2)cc1. The molecule has 0 spiro atoms. The molecule has 0 radical (unpaired) electrons. The summed E-state index contributed by atoms with van der Waals surface area (Å²) in [5.74, 6) is -1.55. The molecular formula is C19H20N4O4S2. The highest BCUT2D eigenvalue weighted by molar-refractivity contribution is 7.86. The molecule has 1 atom stereocenters. The van der Waals surface area contributed by atoms with Gasteiger partial charge in [-0.05, 0) is 37.8 Å². The van der Waals surface area contributed by atoms with Gasteiger partial charge in [0.1, 0.15) is 4.88 Å². The number of hydrogen-bond acceptors (Lipinski definition) is 7. The third kappa shape index (κ3) is 4.70. The quantitative estimate of drug-likeness (QED) is 0.651. The zero-order chi connectivity index (χ0) is 20.4. The van der Waals surface area contributed by atoms with Crippen molar-refractivity contribution in [2.45, 2.75) is 35.8 Å². The fraction of sp³-hybridized carbons (Fsp3) is 0.368. The van der Waals surface area contributed by atoms with Gasteiger partial charge in [0.15, 0.2) is 10.8 Å². The first-order chi connectivity index (χ1) is 14.0. The maximum atomic E-state index is 12.9. The fourth-order valence-electron chi connectivity index (χ4n) is 2.98. The Morgan fingerprint density at radius 3 is 2.48 bits per heavy atom. The van der Waals surface area contributed by atoms with Crippen LogP contribution >= 0.6 is 11.3 Å². The van der Waals surface area contributed by atoms with Gasteiger partial charge in [-0.2, -0.15) is 5.10 Å². The third-order valence-corrected chi connectivity index (χ3v) is 7.38. The molecule has 10 heteroatoms. The van der Waals surface area contributed by atoms with Crippen molar-refractivity contribution < 1.29 is 18.9 Å². The molecule has 1 amide bonds. The van der Waals surface area contributed by atoms with Crippen molar-refractivity contribution in [3.63, 3.8) is 0 Å². The summed E-state index contributed by atoms with van der Waals surface area (Å²) in [6.07, 6.45) is 5.23. The van der Waals surface area contributed by atoms with Crippen LogP contribution in [0.25, 0.3) is 0 Å². The van der Waals surface area contributed by atoms with Gasteiger partial charge in [0.25, 0.3) is 5.91 Å². The van der Waals surface area contributed by atoms with Crippen LogP contribution < -0.4 is 5.32 Å². The number of anilines is 1. The number of nitrogens with zero attached hydrogens (tertiary/aromatic N) is 3. The van der Waals surface area contributed by atoms with Crippen LogP contribution in [0.15, 0.2) is 40.5 Å². The highest BCUT2D eigenvalue weighted by Crippen LogP contribution is 2.30. The van der Waals surface area contributed by atoms with E-state index >= 15 is 0 Å². The molecule has 2 aromatic rings. The highest BCUT2D eigenvalue weighted by atomic mass is 32.2. The molecule has 8 nitrogen and oxygen atoms in total. The van der Waals surface area contributed by atoms with Gasteiger partial charge in [-0.1, -0.05) is 23.5 Å². The van der Waals surface area contributed by atoms with Crippen molar-refractivity contribution in [2.75, 3.05) is 18.4 Å². The summed E-state index contributed by atoms with van der Waals surface area (Å²) in [6, 6.07) is 7.08. The maximum Gasteiger partial charge on any atom is 0.347 e. The molecule has 1 aromatic heterocycles. The molecule has 2 fully saturated rings. The lowest BCUT2D eigenvalue weighted by Gasteiger charge is -2.14. The number of carbonyl (C=O) groups is 2. The van der Waals surface area contributed by atoms with Gasteiger partial charge in [0, 0.05) is 28.8 Å². The number of thiazole rings is 1. The van der Waals surface area contributed by atoms with Crippen molar-refractivity contribution in [1.29, 1.82) is 0 Å². The van der Waals surface area contributed by atoms with Crippen molar-refractivity contribution in [1.82, 2.24) is 9.99 Å². The van der Waals surface area contributed by atoms with Crippen molar-refractivity contribution in [3.05, 3.63) is 40.9 Å². The zero-order valence-electron chi connectivity index (χ0n) is 15.5. The summed E-state index contributed by atoms with van der Waals surface area (Å²) in [5.41, 5.74) is 0.837. The van der Waals surface area contributed by atoms with E-state index in [1.54, 1.807) is 24.3 Å². The third-order valence-electron chi connectivity index (χ3n) is 4.66. The number of benzene rings is 1. The van der Waals surface area contributed by atoms with E-state index in [0.717, 1.165) is 55.0 Å². The lowest BCUT2D eigenvalue weighted by Crippen LogP contribution is -2.27. The van der Waals surface area contributed by atoms with Crippen LogP contribution in [-0.4, -0.2) is 55.2 Å². The normalized spacial score (nSPS) is 17.9. The van der Waals surface area contributed by atoms with Crippen LogP contribution in [0.5, 0.6) is 0 Å². The van der Waals surface area contributed by atoms with Crippen LogP contribution in [0.2, 0.25) is 0 Å². The van der Waals surface area contributed by atoms with Gasteiger partial charge in [0.05, 0.1) is 17.0 Å². The summed E-state index contributed by atoms with van der Waals surface area (Å²) in [4.78, 5) is 28.7. The zero-order valence-corrected chi connectivity index (χ0v) is 17.2. The second kappa shape index (κ2) is 8.42.